The Morgan fingerprint density at radius 3 is 2.07 bits per heavy atom. The maximum atomic E-state index is 13.3. The smallest absolute Gasteiger partial charge is 0.207 e. The van der Waals surface area contributed by atoms with Crippen LogP contribution in [0.5, 0.6) is 0 Å². The molecule has 0 amide bonds. The molecule has 1 rings (SSSR count). The first-order valence-electron chi connectivity index (χ1n) is 3.48. The van der Waals surface area contributed by atoms with Gasteiger partial charge in [0.15, 0.2) is 0 Å². The van der Waals surface area contributed by atoms with Crippen molar-refractivity contribution in [1.29, 1.82) is 0 Å². The first-order chi connectivity index (χ1) is 6.34. The molecule has 0 aliphatic carbocycles. The van der Waals surface area contributed by atoms with E-state index in [0.717, 1.165) is 0 Å². The Bertz CT molecular complexity index is 331. The summed E-state index contributed by atoms with van der Waals surface area (Å²) < 4.78 is 11.5. The van der Waals surface area contributed by atoms with Crippen LogP contribution in [0.1, 0.15) is 16.0 Å². The average molecular weight is 296 g/mol. The third-order valence-electron chi connectivity index (χ3n) is 1.58. The van der Waals surface area contributed by atoms with Gasteiger partial charge in [-0.1, -0.05) is 70.1 Å². The predicted octanol–water partition coefficient (Wildman–Crippen LogP) is 5.13. The second-order valence-electron chi connectivity index (χ2n) is 2.50. The summed E-state index contributed by atoms with van der Waals surface area (Å²) in [4.78, 5) is -1.07. The Balaban J connectivity index is 3.36. The molecule has 0 radical (unpaired) electrons. The second kappa shape index (κ2) is 4.63. The zero-order valence-electron chi connectivity index (χ0n) is 6.58. The van der Waals surface area contributed by atoms with E-state index in [4.69, 9.17) is 58.0 Å². The van der Waals surface area contributed by atoms with E-state index in [-0.39, 0.29) is 11.1 Å². The monoisotopic (exact) mass is 294 g/mol. The van der Waals surface area contributed by atoms with Crippen LogP contribution in [0.3, 0.4) is 0 Å². The lowest BCUT2D eigenvalue weighted by Crippen LogP contribution is -2.07. The van der Waals surface area contributed by atoms with Crippen LogP contribution in [-0.2, 0) is 3.79 Å². The largest absolute Gasteiger partial charge is 0.216 e. The fourth-order valence-corrected chi connectivity index (χ4v) is 1.94. The van der Waals surface area contributed by atoms with E-state index < -0.39 is 14.4 Å². The molecule has 6 heteroatoms. The van der Waals surface area contributed by atoms with E-state index in [1.807, 2.05) is 0 Å². The number of rotatable bonds is 1. The quantitative estimate of drug-likeness (QED) is 0.630. The number of hydrogen-bond acceptors (Lipinski definition) is 0. The molecule has 0 aromatic heterocycles. The molecule has 0 spiro atoms. The average Bonchev–Trinajstić information content (AvgIpc) is 2.01. The van der Waals surface area contributed by atoms with Gasteiger partial charge in [0.25, 0.3) is 0 Å². The van der Waals surface area contributed by atoms with Crippen molar-refractivity contribution in [1.82, 2.24) is 0 Å². The summed E-state index contributed by atoms with van der Waals surface area (Å²) in [5.74, 6) is -0.594. The molecule has 0 saturated heterocycles. The van der Waals surface area contributed by atoms with Crippen LogP contribution >= 0.6 is 58.0 Å². The summed E-state index contributed by atoms with van der Waals surface area (Å²) >= 11 is 28.0. The Kier molecular flexibility index (Phi) is 4.19. The van der Waals surface area contributed by atoms with Gasteiger partial charge in [-0.25, -0.2) is 4.39 Å². The van der Waals surface area contributed by atoms with E-state index in [1.54, 1.807) is 0 Å². The van der Waals surface area contributed by atoms with Gasteiger partial charge in [-0.3, -0.25) is 0 Å². The maximum Gasteiger partial charge on any atom is 0.216 e. The van der Waals surface area contributed by atoms with Crippen LogP contribution in [0, 0.1) is 5.82 Å². The van der Waals surface area contributed by atoms with E-state index in [9.17, 15) is 4.39 Å². The van der Waals surface area contributed by atoms with Crippen LogP contribution in [0.15, 0.2) is 18.2 Å². The van der Waals surface area contributed by atoms with E-state index in [1.165, 1.54) is 18.2 Å². The highest BCUT2D eigenvalue weighted by Gasteiger charge is 2.29. The Morgan fingerprint density at radius 1 is 1.14 bits per heavy atom. The van der Waals surface area contributed by atoms with Gasteiger partial charge in [-0.05, 0) is 6.07 Å². The van der Waals surface area contributed by atoms with Crippen molar-refractivity contribution in [2.75, 3.05) is 0 Å². The van der Waals surface area contributed by atoms with Crippen LogP contribution in [0.25, 0.3) is 0 Å². The van der Waals surface area contributed by atoms with Crippen LogP contribution in [0.2, 0.25) is 0 Å². The lowest BCUT2D eigenvalue weighted by atomic mass is 10.1. The molecular formula is C8H4Cl5F. The highest BCUT2D eigenvalue weighted by Crippen LogP contribution is 2.44. The summed E-state index contributed by atoms with van der Waals surface area (Å²) in [5, 5.41) is 0. The normalized spacial score (nSPS) is 12.2. The van der Waals surface area contributed by atoms with Crippen molar-refractivity contribution in [3.63, 3.8) is 0 Å². The molecule has 14 heavy (non-hydrogen) atoms. The van der Waals surface area contributed by atoms with E-state index >= 15 is 0 Å². The summed E-state index contributed by atoms with van der Waals surface area (Å²) in [6, 6.07) is 4.09. The third kappa shape index (κ3) is 2.80. The molecule has 1 aromatic rings. The fraction of sp³-hybridized carbons (Fsp3) is 0.250. The van der Waals surface area contributed by atoms with Gasteiger partial charge < -0.3 is 0 Å². The van der Waals surface area contributed by atoms with Crippen molar-refractivity contribution in [2.24, 2.45) is 0 Å². The highest BCUT2D eigenvalue weighted by molar-refractivity contribution is 6.67. The summed E-state index contributed by atoms with van der Waals surface area (Å²) in [5.41, 5.74) is 0.147. The first-order valence-corrected chi connectivity index (χ1v) is 5.48. The lowest BCUT2D eigenvalue weighted by molar-refractivity contribution is 0.613. The van der Waals surface area contributed by atoms with Gasteiger partial charge in [-0.2, -0.15) is 0 Å². The van der Waals surface area contributed by atoms with Gasteiger partial charge in [0.05, 0.1) is 0 Å². The Labute approximate surface area is 106 Å². The minimum absolute atomic E-state index is 0.00386. The minimum atomic E-state index is -1.74. The van der Waals surface area contributed by atoms with Gasteiger partial charge >= 0.3 is 0 Å². The van der Waals surface area contributed by atoms with Gasteiger partial charge in [0.1, 0.15) is 10.7 Å². The van der Waals surface area contributed by atoms with Crippen molar-refractivity contribution in [3.8, 4) is 0 Å². The SMILES string of the molecule is Fc1cccc(C(Cl)(Cl)Cl)c1C(Cl)Cl. The van der Waals surface area contributed by atoms with Crippen molar-refractivity contribution >= 4 is 58.0 Å². The van der Waals surface area contributed by atoms with E-state index in [2.05, 4.69) is 0 Å². The van der Waals surface area contributed by atoms with Crippen LogP contribution in [0.4, 0.5) is 4.39 Å². The third-order valence-corrected chi connectivity index (χ3v) is 2.62. The van der Waals surface area contributed by atoms with Crippen molar-refractivity contribution in [2.45, 2.75) is 8.63 Å². The molecule has 1 aromatic carbocycles. The van der Waals surface area contributed by atoms with Crippen LogP contribution < -0.4 is 0 Å². The Hall–Kier alpha value is 0.600. The number of alkyl halides is 5. The van der Waals surface area contributed by atoms with E-state index in [0.29, 0.717) is 0 Å². The standard InChI is InChI=1S/C8H4Cl5F/c9-7(10)6-4(8(11,12)13)2-1-3-5(6)14/h1-3,7H. The number of halogens is 6. The first kappa shape index (κ1) is 12.7. The molecule has 0 heterocycles. The molecule has 0 aliphatic heterocycles. The molecular weight excluding hydrogens is 292 g/mol. The second-order valence-corrected chi connectivity index (χ2v) is 5.88. The molecule has 0 aliphatic rings. The topological polar surface area (TPSA) is 0 Å². The minimum Gasteiger partial charge on any atom is -0.207 e. The molecule has 0 unspecified atom stereocenters. The van der Waals surface area contributed by atoms with Gasteiger partial charge in [0.2, 0.25) is 3.79 Å². The predicted molar refractivity (Wildman–Crippen MR) is 60.1 cm³/mol. The molecule has 78 valence electrons. The molecule has 0 fully saturated rings. The van der Waals surface area contributed by atoms with Crippen molar-refractivity contribution < 1.29 is 4.39 Å². The molecule has 0 atom stereocenters. The number of benzene rings is 1. The zero-order chi connectivity index (χ0) is 10.9. The highest BCUT2D eigenvalue weighted by atomic mass is 35.6. The zero-order valence-corrected chi connectivity index (χ0v) is 10.4. The van der Waals surface area contributed by atoms with Crippen molar-refractivity contribution in [3.05, 3.63) is 35.1 Å². The fourth-order valence-electron chi connectivity index (χ4n) is 1.01. The van der Waals surface area contributed by atoms with Gasteiger partial charge in [-0.15, -0.1) is 0 Å². The molecule has 0 bridgehead atoms. The molecule has 0 nitrogen and oxygen atoms in total. The summed E-state index contributed by atoms with van der Waals surface area (Å²) in [6.07, 6.45) is 0. The Morgan fingerprint density at radius 2 is 1.71 bits per heavy atom. The summed E-state index contributed by atoms with van der Waals surface area (Å²) in [7, 11) is 0. The van der Waals surface area contributed by atoms with Crippen LogP contribution in [-0.4, -0.2) is 0 Å². The van der Waals surface area contributed by atoms with Gasteiger partial charge in [0, 0.05) is 11.1 Å². The molecule has 0 N–H and O–H groups in total. The lowest BCUT2D eigenvalue weighted by Gasteiger charge is -2.17. The maximum absolute atomic E-state index is 13.3. The molecule has 0 saturated carbocycles. The summed E-state index contributed by atoms with van der Waals surface area (Å²) in [6.45, 7) is 0. The number of hydrogen-bond donors (Lipinski definition) is 0.